The van der Waals surface area contributed by atoms with Crippen LogP contribution >= 0.6 is 11.8 Å². The third-order valence-electron chi connectivity index (χ3n) is 4.07. The number of aromatic nitrogens is 4. The van der Waals surface area contributed by atoms with E-state index >= 15 is 0 Å². The van der Waals surface area contributed by atoms with Crippen molar-refractivity contribution in [3.8, 4) is 5.69 Å². The van der Waals surface area contributed by atoms with Gasteiger partial charge in [-0.2, -0.15) is 4.68 Å². The molecule has 1 saturated heterocycles. The summed E-state index contributed by atoms with van der Waals surface area (Å²) in [6.07, 6.45) is 4.32. The Hall–Kier alpha value is -1.89. The number of carbonyl (C=O) groups is 1. The average molecular weight is 331 g/mol. The van der Waals surface area contributed by atoms with Crippen molar-refractivity contribution in [1.29, 1.82) is 0 Å². The molecule has 122 valence electrons. The van der Waals surface area contributed by atoms with E-state index in [-0.39, 0.29) is 11.2 Å². The van der Waals surface area contributed by atoms with E-state index < -0.39 is 0 Å². The maximum absolute atomic E-state index is 12.1. The summed E-state index contributed by atoms with van der Waals surface area (Å²) < 4.78 is 1.71. The lowest BCUT2D eigenvalue weighted by molar-refractivity contribution is -0.126. The zero-order valence-electron chi connectivity index (χ0n) is 13.5. The Morgan fingerprint density at radius 1 is 1.30 bits per heavy atom. The Morgan fingerprint density at radius 3 is 2.74 bits per heavy atom. The van der Waals surface area contributed by atoms with Crippen LogP contribution in [-0.2, 0) is 11.2 Å². The largest absolute Gasteiger partial charge is 0.345 e. The summed E-state index contributed by atoms with van der Waals surface area (Å²) >= 11 is 1.44. The van der Waals surface area contributed by atoms with Crippen molar-refractivity contribution in [2.24, 2.45) is 0 Å². The Balaban J connectivity index is 1.74. The molecule has 0 N–H and O–H groups in total. The maximum atomic E-state index is 12.1. The van der Waals surface area contributed by atoms with Gasteiger partial charge in [-0.15, -0.1) is 5.10 Å². The fraction of sp³-hybridized carbons (Fsp3) is 0.500. The van der Waals surface area contributed by atoms with Gasteiger partial charge in [0.05, 0.1) is 10.9 Å². The van der Waals surface area contributed by atoms with E-state index in [9.17, 15) is 4.79 Å². The molecule has 1 fully saturated rings. The van der Waals surface area contributed by atoms with E-state index in [1.165, 1.54) is 30.2 Å². The van der Waals surface area contributed by atoms with Crippen LogP contribution in [0.25, 0.3) is 5.69 Å². The molecule has 1 amide bonds. The molecule has 0 spiro atoms. The van der Waals surface area contributed by atoms with Crippen molar-refractivity contribution in [2.75, 3.05) is 13.6 Å². The summed E-state index contributed by atoms with van der Waals surface area (Å²) in [6, 6.07) is 8.31. The molecule has 6 nitrogen and oxygen atoms in total. The molecule has 1 aliphatic rings. The van der Waals surface area contributed by atoms with Gasteiger partial charge in [-0.1, -0.05) is 37.2 Å². The lowest BCUT2D eigenvalue weighted by atomic mass is 10.1. The SMILES string of the molecule is CCCCc1ccc(-n2nnnc2SC2CCN(C)C2=O)cc1. The summed E-state index contributed by atoms with van der Waals surface area (Å²) in [5.41, 5.74) is 2.25. The molecule has 1 aromatic carbocycles. The lowest BCUT2D eigenvalue weighted by Crippen LogP contribution is -2.24. The molecule has 2 heterocycles. The number of unbranched alkanes of at least 4 members (excludes halogenated alkanes) is 1. The van der Waals surface area contributed by atoms with Crippen LogP contribution in [0.2, 0.25) is 0 Å². The zero-order valence-corrected chi connectivity index (χ0v) is 14.3. The highest BCUT2D eigenvalue weighted by atomic mass is 32.2. The van der Waals surface area contributed by atoms with Crippen LogP contribution in [0.3, 0.4) is 0 Å². The average Bonchev–Trinajstić information content (AvgIpc) is 3.16. The Kier molecular flexibility index (Phi) is 4.95. The highest BCUT2D eigenvalue weighted by molar-refractivity contribution is 8.00. The number of hydrogen-bond donors (Lipinski definition) is 0. The second-order valence-corrected chi connectivity index (χ2v) is 6.97. The molecular weight excluding hydrogens is 310 g/mol. The number of rotatable bonds is 6. The van der Waals surface area contributed by atoms with E-state index in [0.717, 1.165) is 25.1 Å². The van der Waals surface area contributed by atoms with Gasteiger partial charge in [0.1, 0.15) is 0 Å². The van der Waals surface area contributed by atoms with Crippen molar-refractivity contribution < 1.29 is 4.79 Å². The number of amides is 1. The van der Waals surface area contributed by atoms with Crippen molar-refractivity contribution in [1.82, 2.24) is 25.1 Å². The van der Waals surface area contributed by atoms with Crippen molar-refractivity contribution in [2.45, 2.75) is 43.0 Å². The third kappa shape index (κ3) is 3.55. The molecule has 1 aliphatic heterocycles. The molecule has 7 heteroatoms. The van der Waals surface area contributed by atoms with Crippen LogP contribution in [0, 0.1) is 0 Å². The normalized spacial score (nSPS) is 17.9. The molecule has 0 radical (unpaired) electrons. The molecule has 1 atom stereocenters. The molecule has 0 bridgehead atoms. The molecule has 1 unspecified atom stereocenters. The summed E-state index contributed by atoms with van der Waals surface area (Å²) in [6.45, 7) is 2.99. The topological polar surface area (TPSA) is 63.9 Å². The monoisotopic (exact) mass is 331 g/mol. The summed E-state index contributed by atoms with van der Waals surface area (Å²) in [4.78, 5) is 13.8. The zero-order chi connectivity index (χ0) is 16.2. The molecule has 2 aromatic rings. The van der Waals surface area contributed by atoms with E-state index in [2.05, 4.69) is 34.6 Å². The Bertz CT molecular complexity index is 669. The van der Waals surface area contributed by atoms with Gasteiger partial charge in [0.25, 0.3) is 0 Å². The second kappa shape index (κ2) is 7.12. The van der Waals surface area contributed by atoms with E-state index in [1.54, 1.807) is 9.58 Å². The standard InChI is InChI=1S/C16H21N5OS/c1-3-4-5-12-6-8-13(9-7-12)21-16(17-18-19-21)23-14-10-11-20(2)15(14)22/h6-9,14H,3-5,10-11H2,1-2H3. The van der Waals surface area contributed by atoms with Crippen LogP contribution in [0.4, 0.5) is 0 Å². The summed E-state index contributed by atoms with van der Waals surface area (Å²) in [5.74, 6) is 0.152. The summed E-state index contributed by atoms with van der Waals surface area (Å²) in [5, 5.41) is 12.5. The van der Waals surface area contributed by atoms with Gasteiger partial charge < -0.3 is 4.90 Å². The van der Waals surface area contributed by atoms with Crippen molar-refractivity contribution >= 4 is 17.7 Å². The Labute approximate surface area is 140 Å². The van der Waals surface area contributed by atoms with E-state index in [4.69, 9.17) is 0 Å². The number of aryl methyl sites for hydroxylation is 1. The molecular formula is C16H21N5OS. The number of carbonyl (C=O) groups excluding carboxylic acids is 1. The van der Waals surface area contributed by atoms with Crippen LogP contribution < -0.4 is 0 Å². The first-order chi connectivity index (χ1) is 11.2. The first-order valence-electron chi connectivity index (χ1n) is 7.98. The molecule has 1 aromatic heterocycles. The van der Waals surface area contributed by atoms with Gasteiger partial charge in [-0.05, 0) is 47.4 Å². The van der Waals surface area contributed by atoms with Gasteiger partial charge in [-0.3, -0.25) is 4.79 Å². The molecule has 0 aliphatic carbocycles. The van der Waals surface area contributed by atoms with Crippen molar-refractivity contribution in [3.05, 3.63) is 29.8 Å². The second-order valence-electron chi connectivity index (χ2n) is 5.80. The van der Waals surface area contributed by atoms with Crippen LogP contribution in [-0.4, -0.2) is 49.9 Å². The quantitative estimate of drug-likeness (QED) is 0.813. The number of benzene rings is 1. The fourth-order valence-electron chi connectivity index (χ4n) is 2.63. The first-order valence-corrected chi connectivity index (χ1v) is 8.86. The Morgan fingerprint density at radius 2 is 2.09 bits per heavy atom. The van der Waals surface area contributed by atoms with Crippen LogP contribution in [0.5, 0.6) is 0 Å². The summed E-state index contributed by atoms with van der Waals surface area (Å²) in [7, 11) is 1.83. The van der Waals surface area contributed by atoms with Gasteiger partial charge in [-0.25, -0.2) is 0 Å². The first kappa shape index (κ1) is 16.0. The van der Waals surface area contributed by atoms with Crippen molar-refractivity contribution in [3.63, 3.8) is 0 Å². The number of thioether (sulfide) groups is 1. The number of likely N-dealkylation sites (tertiary alicyclic amines) is 1. The minimum atomic E-state index is -0.0893. The predicted octanol–water partition coefficient (Wildman–Crippen LogP) is 2.33. The van der Waals surface area contributed by atoms with E-state index in [0.29, 0.717) is 5.16 Å². The van der Waals surface area contributed by atoms with Gasteiger partial charge in [0.2, 0.25) is 11.1 Å². The smallest absolute Gasteiger partial charge is 0.235 e. The van der Waals surface area contributed by atoms with Crippen LogP contribution in [0.15, 0.2) is 29.4 Å². The minimum absolute atomic E-state index is 0.0893. The fourth-order valence-corrected chi connectivity index (χ4v) is 3.71. The van der Waals surface area contributed by atoms with Gasteiger partial charge in [0, 0.05) is 13.6 Å². The molecule has 23 heavy (non-hydrogen) atoms. The maximum Gasteiger partial charge on any atom is 0.235 e. The number of nitrogens with zero attached hydrogens (tertiary/aromatic N) is 5. The van der Waals surface area contributed by atoms with Crippen LogP contribution in [0.1, 0.15) is 31.7 Å². The van der Waals surface area contributed by atoms with E-state index in [1.807, 2.05) is 19.2 Å². The number of hydrogen-bond acceptors (Lipinski definition) is 5. The number of tetrazole rings is 1. The lowest BCUT2D eigenvalue weighted by Gasteiger charge is -2.10. The van der Waals surface area contributed by atoms with Gasteiger partial charge in [0.15, 0.2) is 0 Å². The molecule has 3 rings (SSSR count). The van der Waals surface area contributed by atoms with Gasteiger partial charge >= 0.3 is 0 Å². The minimum Gasteiger partial charge on any atom is -0.345 e. The predicted molar refractivity (Wildman–Crippen MR) is 89.7 cm³/mol. The third-order valence-corrected chi connectivity index (χ3v) is 5.25. The molecule has 0 saturated carbocycles. The highest BCUT2D eigenvalue weighted by Gasteiger charge is 2.31. The highest BCUT2D eigenvalue weighted by Crippen LogP contribution is 2.29.